The van der Waals surface area contributed by atoms with Gasteiger partial charge in [-0.15, -0.1) is 0 Å². The van der Waals surface area contributed by atoms with Crippen LogP contribution >= 0.6 is 0 Å². The molecule has 0 aliphatic rings. The van der Waals surface area contributed by atoms with E-state index in [9.17, 15) is 102 Å². The molecule has 1 aromatic heterocycles. The Morgan fingerprint density at radius 1 is 0.444 bits per heavy atom. The van der Waals surface area contributed by atoms with E-state index in [1.807, 2.05) is 5.32 Å². The number of aromatic amines is 1. The highest BCUT2D eigenvalue weighted by Crippen LogP contribution is 2.12. The number of nitrogens with one attached hydrogen (secondary N) is 13. The number of carboxylic acid groups (broad SMARTS) is 5. The van der Waals surface area contributed by atoms with Crippen LogP contribution in [0.4, 0.5) is 0 Å². The number of nitrogens with two attached hydrogens (primary N) is 3. The third kappa shape index (κ3) is 32.9. The molecule has 99 heavy (non-hydrogen) atoms. The monoisotopic (exact) mass is 1400 g/mol. The van der Waals surface area contributed by atoms with Crippen LogP contribution < -0.4 is 81.0 Å². The zero-order valence-corrected chi connectivity index (χ0v) is 54.5. The predicted octanol–water partition coefficient (Wildman–Crippen LogP) is -7.69. The largest absolute Gasteiger partial charge is 0.481 e. The minimum absolute atomic E-state index is 0.123. The number of aliphatic carboxylic acids is 5. The van der Waals surface area contributed by atoms with Gasteiger partial charge in [0.05, 0.1) is 51.3 Å². The summed E-state index contributed by atoms with van der Waals surface area (Å²) in [5, 5.41) is 73.8. The van der Waals surface area contributed by atoms with Crippen LogP contribution in [0, 0.1) is 11.8 Å². The highest BCUT2D eigenvalue weighted by atomic mass is 16.4. The van der Waals surface area contributed by atoms with Gasteiger partial charge in [0.15, 0.2) is 0 Å². The highest BCUT2D eigenvalue weighted by molar-refractivity contribution is 6.00. The molecule has 0 spiro atoms. The molecule has 0 aliphatic carbocycles. The van der Waals surface area contributed by atoms with Crippen molar-refractivity contribution in [2.75, 3.05) is 26.2 Å². The van der Waals surface area contributed by atoms with Gasteiger partial charge in [-0.05, 0) is 56.0 Å². The average molecular weight is 1400 g/mol. The smallest absolute Gasteiger partial charge is 0.326 e. The lowest BCUT2D eigenvalue weighted by molar-refractivity contribution is -0.143. The first-order valence-corrected chi connectivity index (χ1v) is 30.9. The molecule has 0 fully saturated rings. The van der Waals surface area contributed by atoms with Crippen molar-refractivity contribution < 1.29 is 112 Å². The Kier molecular flexibility index (Phi) is 36.5. The number of carbonyl (C=O) groups is 18. The molecule has 24 N–H and O–H groups in total. The molecular weight excluding hydrogens is 1310 g/mol. The van der Waals surface area contributed by atoms with Crippen LogP contribution in [-0.2, 0) is 99.1 Å². The molecule has 0 saturated heterocycles. The molecule has 2 aromatic rings. The summed E-state index contributed by atoms with van der Waals surface area (Å²) in [5.41, 5.74) is 17.4. The van der Waals surface area contributed by atoms with Crippen molar-refractivity contribution in [1.29, 1.82) is 0 Å². The number of carboxylic acids is 5. The Bertz CT molecular complexity index is 3190. The topological polar surface area (TPSA) is 660 Å². The molecule has 0 unspecified atom stereocenters. The number of hydrogen-bond donors (Lipinski definition) is 21. The molecule has 0 bridgehead atoms. The van der Waals surface area contributed by atoms with Crippen molar-refractivity contribution in [1.82, 2.24) is 73.8 Å². The Hall–Kier alpha value is -11.2. The fourth-order valence-electron chi connectivity index (χ4n) is 9.04. The number of amides is 13. The molecular formula is C59H87N17O23. The first-order valence-electron chi connectivity index (χ1n) is 30.9. The molecule has 0 radical (unpaired) electrons. The maximum atomic E-state index is 14.5. The van der Waals surface area contributed by atoms with Crippen LogP contribution in [0.2, 0.25) is 0 Å². The van der Waals surface area contributed by atoms with Crippen LogP contribution in [0.1, 0.15) is 103 Å². The quantitative estimate of drug-likeness (QED) is 0.0274. The van der Waals surface area contributed by atoms with Gasteiger partial charge in [0.25, 0.3) is 0 Å². The average Bonchev–Trinajstić information content (AvgIpc) is 1.06. The summed E-state index contributed by atoms with van der Waals surface area (Å²) in [6.07, 6.45) is -2.75. The molecule has 546 valence electrons. The molecule has 10 atom stereocenters. The van der Waals surface area contributed by atoms with Gasteiger partial charge >= 0.3 is 29.8 Å². The highest BCUT2D eigenvalue weighted by Gasteiger charge is 2.37. The summed E-state index contributed by atoms with van der Waals surface area (Å²) in [5.74, 6) is -23.1. The summed E-state index contributed by atoms with van der Waals surface area (Å²) < 4.78 is 0. The van der Waals surface area contributed by atoms with Crippen LogP contribution in [0.25, 0.3) is 0 Å². The number of unbranched alkanes of at least 4 members (excludes halogenated alkanes) is 1. The summed E-state index contributed by atoms with van der Waals surface area (Å²) >= 11 is 0. The summed E-state index contributed by atoms with van der Waals surface area (Å²) in [4.78, 5) is 239. The van der Waals surface area contributed by atoms with Crippen LogP contribution in [-0.4, -0.2) is 229 Å². The van der Waals surface area contributed by atoms with Crippen molar-refractivity contribution in [3.8, 4) is 0 Å². The molecule has 1 heterocycles. The van der Waals surface area contributed by atoms with E-state index in [0.29, 0.717) is 12.0 Å². The number of imidazole rings is 1. The maximum absolute atomic E-state index is 14.5. The number of nitrogens with zero attached hydrogens (tertiary/aromatic N) is 1. The lowest BCUT2D eigenvalue weighted by atomic mass is 9.99. The summed E-state index contributed by atoms with van der Waals surface area (Å²) in [7, 11) is 0. The van der Waals surface area contributed by atoms with Crippen molar-refractivity contribution >= 4 is 107 Å². The van der Waals surface area contributed by atoms with Crippen LogP contribution in [0.3, 0.4) is 0 Å². The van der Waals surface area contributed by atoms with Gasteiger partial charge in [0.2, 0.25) is 76.8 Å². The molecule has 13 amide bonds. The Morgan fingerprint density at radius 3 is 1.33 bits per heavy atom. The van der Waals surface area contributed by atoms with E-state index < -0.39 is 243 Å². The third-order valence-corrected chi connectivity index (χ3v) is 14.2. The van der Waals surface area contributed by atoms with Gasteiger partial charge < -0.3 is 112 Å². The van der Waals surface area contributed by atoms with E-state index in [0.717, 1.165) is 0 Å². The van der Waals surface area contributed by atoms with E-state index in [1.165, 1.54) is 40.2 Å². The molecule has 40 nitrogen and oxygen atoms in total. The number of hydrogen-bond acceptors (Lipinski definition) is 21. The van der Waals surface area contributed by atoms with Gasteiger partial charge in [0, 0.05) is 37.6 Å². The fourth-order valence-corrected chi connectivity index (χ4v) is 9.04. The van der Waals surface area contributed by atoms with Gasteiger partial charge in [-0.25, -0.2) is 9.78 Å². The second-order valence-corrected chi connectivity index (χ2v) is 23.1. The van der Waals surface area contributed by atoms with Gasteiger partial charge in [-0.3, -0.25) is 81.5 Å². The minimum atomic E-state index is -1.89. The number of primary amides is 1. The molecule has 1 aromatic carbocycles. The van der Waals surface area contributed by atoms with E-state index >= 15 is 0 Å². The van der Waals surface area contributed by atoms with E-state index in [2.05, 4.69) is 68.5 Å². The SMILES string of the molecule is CC(C)[C@H](NC(=O)[C@H](CC(=O)O)NC(=O)CNC(=O)[C@@H](N)CC(=O)O)C(=O)N[C@@H](CC(N)=O)C(=O)NCC(=O)N[C@@H](Cc1cnc[nH]1)C(=O)N[C@@H](CCCCN)C(=O)N[C@@H](Cc1ccccc1)C(=O)N[C@H](C(=O)N[C@@H](CCC(=O)O)C(=O)NCC(=O)N[C@@H](CCC(=O)O)C(=O)O)C(C)C. The molecule has 0 saturated carbocycles. The second kappa shape index (κ2) is 43.1. The third-order valence-electron chi connectivity index (χ3n) is 14.2. The fraction of sp³-hybridized carbons (Fsp3) is 0.542. The Balaban J connectivity index is 2.39. The minimum Gasteiger partial charge on any atom is -0.481 e. The van der Waals surface area contributed by atoms with Crippen molar-refractivity contribution in [2.45, 2.75) is 165 Å². The standard InChI is InChI=1S/C59H87N17O23/c1-28(2)48(57(96)72-34(13-15-44(81)82)51(90)65-25-41(78)68-35(59(98)99)14-16-45(83)84)75-55(94)36(18-30-10-6-5-7-11-30)73-53(92)33(12-8-9-17-60)71-54(93)37(19-31-23-63-27-67-31)69-43(80)26-66-52(91)38(21-40(62)77)74-58(97)49(29(3)4)76-56(95)39(22-47(87)88)70-42(79)24-64-50(89)32(61)20-46(85)86/h5-7,10-11,23,27-29,32-39,48-49H,8-9,12-22,24-26,60-61H2,1-4H3,(H2,62,77)(H,63,67)(H,64,89)(H,65,90)(H,66,91)(H,68,78)(H,69,80)(H,70,79)(H,71,93)(H,72,96)(H,73,92)(H,74,97)(H,75,94)(H,76,95)(H,81,82)(H,83,84)(H,85,86)(H,87,88)(H,98,99)/t32-,33-,34-,35-,36-,37-,38-,39-,48-,49-/m0/s1. The Morgan fingerprint density at radius 2 is 0.859 bits per heavy atom. The molecule has 40 heteroatoms. The Labute approximate surface area is 565 Å². The lowest BCUT2D eigenvalue weighted by Gasteiger charge is -2.28. The summed E-state index contributed by atoms with van der Waals surface area (Å²) in [6.45, 7) is 3.23. The van der Waals surface area contributed by atoms with Crippen LogP contribution in [0.5, 0.6) is 0 Å². The normalized spacial score (nSPS) is 13.9. The number of H-pyrrole nitrogens is 1. The number of aromatic nitrogens is 2. The van der Waals surface area contributed by atoms with Crippen molar-refractivity contribution in [2.24, 2.45) is 29.0 Å². The van der Waals surface area contributed by atoms with Gasteiger partial charge in [0.1, 0.15) is 54.4 Å². The van der Waals surface area contributed by atoms with Crippen molar-refractivity contribution in [3.05, 3.63) is 54.1 Å². The zero-order valence-electron chi connectivity index (χ0n) is 54.5. The first kappa shape index (κ1) is 83.9. The molecule has 2 rings (SSSR count). The second-order valence-electron chi connectivity index (χ2n) is 23.1. The van der Waals surface area contributed by atoms with E-state index in [1.54, 1.807) is 30.3 Å². The molecule has 0 aliphatic heterocycles. The van der Waals surface area contributed by atoms with Gasteiger partial charge in [-0.2, -0.15) is 0 Å². The zero-order chi connectivity index (χ0) is 74.6. The predicted molar refractivity (Wildman–Crippen MR) is 339 cm³/mol. The van der Waals surface area contributed by atoms with E-state index in [-0.39, 0.29) is 37.9 Å². The summed E-state index contributed by atoms with van der Waals surface area (Å²) in [6, 6.07) is -8.23. The van der Waals surface area contributed by atoms with E-state index in [4.69, 9.17) is 27.4 Å². The first-order chi connectivity index (χ1) is 46.5. The number of rotatable bonds is 47. The lowest BCUT2D eigenvalue weighted by Crippen LogP contribution is -2.61. The maximum Gasteiger partial charge on any atom is 0.326 e. The number of benzene rings is 1. The number of carbonyl (C=O) groups excluding carboxylic acids is 13. The van der Waals surface area contributed by atoms with Crippen molar-refractivity contribution in [3.63, 3.8) is 0 Å². The van der Waals surface area contributed by atoms with Crippen LogP contribution in [0.15, 0.2) is 42.9 Å². The van der Waals surface area contributed by atoms with Gasteiger partial charge in [-0.1, -0.05) is 58.0 Å².